The highest BCUT2D eigenvalue weighted by Gasteiger charge is 2.12. The van der Waals surface area contributed by atoms with E-state index in [9.17, 15) is 0 Å². The van der Waals surface area contributed by atoms with Gasteiger partial charge in [-0.05, 0) is 30.2 Å². The SMILES string of the molecule is COc1ccc(Br)cc1CC(N)c1cnccn1. The number of benzene rings is 1. The third kappa shape index (κ3) is 3.05. The molecular formula is C13H14BrN3O. The molecule has 0 aliphatic carbocycles. The van der Waals surface area contributed by atoms with Gasteiger partial charge in [0.2, 0.25) is 0 Å². The lowest BCUT2D eigenvalue weighted by molar-refractivity contribution is 0.408. The van der Waals surface area contributed by atoms with Gasteiger partial charge in [0.15, 0.2) is 0 Å². The van der Waals surface area contributed by atoms with E-state index in [-0.39, 0.29) is 6.04 Å². The molecule has 0 radical (unpaired) electrons. The van der Waals surface area contributed by atoms with E-state index in [4.69, 9.17) is 10.5 Å². The molecular weight excluding hydrogens is 294 g/mol. The Hall–Kier alpha value is -1.46. The lowest BCUT2D eigenvalue weighted by Crippen LogP contribution is -2.15. The van der Waals surface area contributed by atoms with Crippen molar-refractivity contribution in [2.75, 3.05) is 7.11 Å². The second-order valence-corrected chi connectivity index (χ2v) is 4.81. The normalized spacial score (nSPS) is 12.2. The molecule has 1 unspecified atom stereocenters. The van der Waals surface area contributed by atoms with Gasteiger partial charge in [0, 0.05) is 23.1 Å². The summed E-state index contributed by atoms with van der Waals surface area (Å²) in [6.07, 6.45) is 5.62. The molecule has 2 aromatic rings. The number of nitrogens with zero attached hydrogens (tertiary/aromatic N) is 2. The summed E-state index contributed by atoms with van der Waals surface area (Å²) >= 11 is 3.45. The third-order valence-electron chi connectivity index (χ3n) is 2.65. The Morgan fingerprint density at radius 3 is 2.89 bits per heavy atom. The molecule has 0 bridgehead atoms. The summed E-state index contributed by atoms with van der Waals surface area (Å²) in [7, 11) is 1.65. The molecule has 0 aliphatic rings. The van der Waals surface area contributed by atoms with E-state index < -0.39 is 0 Å². The van der Waals surface area contributed by atoms with E-state index in [1.807, 2.05) is 18.2 Å². The number of hydrogen-bond acceptors (Lipinski definition) is 4. The molecule has 1 atom stereocenters. The van der Waals surface area contributed by atoms with E-state index in [0.717, 1.165) is 21.5 Å². The van der Waals surface area contributed by atoms with Crippen molar-refractivity contribution in [1.82, 2.24) is 9.97 Å². The minimum atomic E-state index is -0.193. The van der Waals surface area contributed by atoms with E-state index in [2.05, 4.69) is 25.9 Å². The zero-order valence-corrected chi connectivity index (χ0v) is 11.6. The van der Waals surface area contributed by atoms with Crippen LogP contribution < -0.4 is 10.5 Å². The maximum Gasteiger partial charge on any atom is 0.122 e. The van der Waals surface area contributed by atoms with E-state index >= 15 is 0 Å². The molecule has 0 saturated carbocycles. The van der Waals surface area contributed by atoms with Crippen molar-refractivity contribution in [3.05, 3.63) is 52.5 Å². The van der Waals surface area contributed by atoms with Crippen LogP contribution in [0.4, 0.5) is 0 Å². The van der Waals surface area contributed by atoms with Gasteiger partial charge in [-0.25, -0.2) is 0 Å². The minimum absolute atomic E-state index is 0.193. The summed E-state index contributed by atoms with van der Waals surface area (Å²) in [5, 5.41) is 0. The first kappa shape index (κ1) is 13.0. The molecule has 0 aliphatic heterocycles. The van der Waals surface area contributed by atoms with Gasteiger partial charge < -0.3 is 10.5 Å². The molecule has 4 nitrogen and oxygen atoms in total. The Morgan fingerprint density at radius 1 is 1.39 bits per heavy atom. The van der Waals surface area contributed by atoms with Crippen LogP contribution in [-0.4, -0.2) is 17.1 Å². The van der Waals surface area contributed by atoms with Gasteiger partial charge in [-0.15, -0.1) is 0 Å². The average Bonchev–Trinajstić information content (AvgIpc) is 2.40. The number of aromatic nitrogens is 2. The zero-order valence-electron chi connectivity index (χ0n) is 10.0. The maximum atomic E-state index is 6.13. The van der Waals surface area contributed by atoms with Crippen LogP contribution in [0, 0.1) is 0 Å². The molecule has 5 heteroatoms. The van der Waals surface area contributed by atoms with E-state index in [1.165, 1.54) is 0 Å². The lowest BCUT2D eigenvalue weighted by Gasteiger charge is -2.13. The predicted molar refractivity (Wildman–Crippen MR) is 73.4 cm³/mol. The van der Waals surface area contributed by atoms with Crippen LogP contribution in [0.2, 0.25) is 0 Å². The first-order chi connectivity index (χ1) is 8.70. The van der Waals surface area contributed by atoms with Gasteiger partial charge in [0.1, 0.15) is 5.75 Å². The van der Waals surface area contributed by atoms with Crippen LogP contribution in [0.1, 0.15) is 17.3 Å². The van der Waals surface area contributed by atoms with E-state index in [1.54, 1.807) is 25.7 Å². The first-order valence-electron chi connectivity index (χ1n) is 5.54. The summed E-state index contributed by atoms with van der Waals surface area (Å²) in [6, 6.07) is 5.68. The van der Waals surface area contributed by atoms with Gasteiger partial charge in [0.25, 0.3) is 0 Å². The summed E-state index contributed by atoms with van der Waals surface area (Å²) in [5.41, 5.74) is 7.95. The molecule has 94 valence electrons. The molecule has 0 spiro atoms. The molecule has 1 aromatic heterocycles. The summed E-state index contributed by atoms with van der Waals surface area (Å²) in [5.74, 6) is 0.831. The lowest BCUT2D eigenvalue weighted by atomic mass is 10.0. The number of rotatable bonds is 4. The Kier molecular flexibility index (Phi) is 4.28. The van der Waals surface area contributed by atoms with E-state index in [0.29, 0.717) is 6.42 Å². The van der Waals surface area contributed by atoms with Crippen LogP contribution in [-0.2, 0) is 6.42 Å². The van der Waals surface area contributed by atoms with Crippen LogP contribution in [0.15, 0.2) is 41.3 Å². The van der Waals surface area contributed by atoms with Crippen molar-refractivity contribution >= 4 is 15.9 Å². The topological polar surface area (TPSA) is 61.0 Å². The fourth-order valence-electron chi connectivity index (χ4n) is 1.75. The summed E-state index contributed by atoms with van der Waals surface area (Å²) in [4.78, 5) is 8.24. The molecule has 2 rings (SSSR count). The predicted octanol–water partition coefficient (Wildman–Crippen LogP) is 2.49. The van der Waals surface area contributed by atoms with Gasteiger partial charge in [-0.1, -0.05) is 15.9 Å². The molecule has 1 aromatic carbocycles. The number of methoxy groups -OCH3 is 1. The van der Waals surface area contributed by atoms with Crippen molar-refractivity contribution in [1.29, 1.82) is 0 Å². The highest BCUT2D eigenvalue weighted by atomic mass is 79.9. The van der Waals surface area contributed by atoms with Crippen LogP contribution in [0.3, 0.4) is 0 Å². The monoisotopic (exact) mass is 307 g/mol. The summed E-state index contributed by atoms with van der Waals surface area (Å²) in [6.45, 7) is 0. The molecule has 18 heavy (non-hydrogen) atoms. The number of nitrogens with two attached hydrogens (primary N) is 1. The van der Waals surface area contributed by atoms with Gasteiger partial charge in [-0.2, -0.15) is 0 Å². The Morgan fingerprint density at radius 2 is 2.22 bits per heavy atom. The summed E-state index contributed by atoms with van der Waals surface area (Å²) < 4.78 is 6.33. The Bertz CT molecular complexity index is 519. The highest BCUT2D eigenvalue weighted by molar-refractivity contribution is 9.10. The van der Waals surface area contributed by atoms with Crippen LogP contribution >= 0.6 is 15.9 Å². The van der Waals surface area contributed by atoms with Crippen molar-refractivity contribution in [2.24, 2.45) is 5.73 Å². The van der Waals surface area contributed by atoms with Crippen LogP contribution in [0.25, 0.3) is 0 Å². The molecule has 0 amide bonds. The first-order valence-corrected chi connectivity index (χ1v) is 6.34. The molecule has 1 heterocycles. The number of ether oxygens (including phenoxy) is 1. The average molecular weight is 308 g/mol. The zero-order chi connectivity index (χ0) is 13.0. The molecule has 0 saturated heterocycles. The van der Waals surface area contributed by atoms with Gasteiger partial charge in [0.05, 0.1) is 18.8 Å². The fourth-order valence-corrected chi connectivity index (χ4v) is 2.16. The Balaban J connectivity index is 2.21. The smallest absolute Gasteiger partial charge is 0.122 e. The fraction of sp³-hybridized carbons (Fsp3) is 0.231. The second-order valence-electron chi connectivity index (χ2n) is 3.90. The molecule has 2 N–H and O–H groups in total. The van der Waals surface area contributed by atoms with Crippen molar-refractivity contribution in [2.45, 2.75) is 12.5 Å². The third-order valence-corrected chi connectivity index (χ3v) is 3.14. The van der Waals surface area contributed by atoms with Crippen molar-refractivity contribution in [3.63, 3.8) is 0 Å². The molecule has 0 fully saturated rings. The van der Waals surface area contributed by atoms with Crippen LogP contribution in [0.5, 0.6) is 5.75 Å². The van der Waals surface area contributed by atoms with Gasteiger partial charge in [-0.3, -0.25) is 9.97 Å². The standard InChI is InChI=1S/C13H14BrN3O/c1-18-13-3-2-10(14)6-9(13)7-11(15)12-8-16-4-5-17-12/h2-6,8,11H,7,15H2,1H3. The Labute approximate surface area is 114 Å². The minimum Gasteiger partial charge on any atom is -0.496 e. The quantitative estimate of drug-likeness (QED) is 0.942. The van der Waals surface area contributed by atoms with Crippen molar-refractivity contribution in [3.8, 4) is 5.75 Å². The number of halogens is 1. The van der Waals surface area contributed by atoms with Crippen molar-refractivity contribution < 1.29 is 4.74 Å². The van der Waals surface area contributed by atoms with Gasteiger partial charge >= 0.3 is 0 Å². The second kappa shape index (κ2) is 5.93. The highest BCUT2D eigenvalue weighted by Crippen LogP contribution is 2.26. The largest absolute Gasteiger partial charge is 0.496 e. The maximum absolute atomic E-state index is 6.13. The number of hydrogen-bond donors (Lipinski definition) is 1.